The Morgan fingerprint density at radius 1 is 1.07 bits per heavy atom. The van der Waals surface area contributed by atoms with Crippen molar-refractivity contribution < 1.29 is 9.53 Å². The Morgan fingerprint density at radius 3 is 2.28 bits per heavy atom. The van der Waals surface area contributed by atoms with Crippen molar-refractivity contribution in [1.82, 2.24) is 14.7 Å². The summed E-state index contributed by atoms with van der Waals surface area (Å²) in [6.45, 7) is 13.9. The van der Waals surface area contributed by atoms with E-state index in [1.165, 1.54) is 25.7 Å². The number of nitrogens with zero attached hydrogens (tertiary/aromatic N) is 4. The summed E-state index contributed by atoms with van der Waals surface area (Å²) in [6, 6.07) is 18.4. The molecular weight excluding hydrogens is 591 g/mol. The van der Waals surface area contributed by atoms with Crippen molar-refractivity contribution in [2.75, 3.05) is 36.4 Å². The zero-order chi connectivity index (χ0) is 32.8. The van der Waals surface area contributed by atoms with Gasteiger partial charge in [-0.2, -0.15) is 5.10 Å². The number of anilines is 1. The number of aromatic nitrogens is 2. The van der Waals surface area contributed by atoms with E-state index in [2.05, 4.69) is 68.4 Å². The van der Waals surface area contributed by atoms with Crippen LogP contribution in [0.15, 0.2) is 85.1 Å². The number of amidine groups is 1. The average Bonchev–Trinajstić information content (AvgIpc) is 3.96. The first-order chi connectivity index (χ1) is 22.1. The maximum atomic E-state index is 14.3. The molecule has 0 aliphatic heterocycles. The van der Waals surface area contributed by atoms with Crippen LogP contribution in [0.25, 0.3) is 11.1 Å². The highest BCUT2D eigenvalue weighted by molar-refractivity contribution is 8.32. The minimum Gasteiger partial charge on any atom is -0.358 e. The lowest BCUT2D eigenvalue weighted by atomic mass is 9.81. The molecule has 2 aliphatic carbocycles. The number of carbonyl (C=O) groups excluding carboxylic acids is 1. The van der Waals surface area contributed by atoms with E-state index < -0.39 is 15.9 Å². The van der Waals surface area contributed by atoms with Crippen molar-refractivity contribution in [3.05, 3.63) is 97.1 Å². The largest absolute Gasteiger partial charge is 0.358 e. The standard InChI is InChI=1S/C38H51N5O2S/c1-8-39-37(42(9-2)25-29-13-11-10-12-14-29)36(35(31-15-16-31)32-17-18-32)38(44)40-33-21-19-30(20-22-33)34-27(3)41-43(28(34)4)26-45-23-24-46(5,6)7/h8-14,19-22,31-32,35-36H,1-2,15-18,23-26H2,3-7H3,(H,40,44). The van der Waals surface area contributed by atoms with Gasteiger partial charge in [-0.3, -0.25) is 4.79 Å². The molecule has 2 aromatic carbocycles. The summed E-state index contributed by atoms with van der Waals surface area (Å²) in [5.41, 5.74) is 6.11. The number of benzene rings is 2. The Bertz CT molecular complexity index is 1520. The molecule has 5 rings (SSSR count). The molecule has 246 valence electrons. The Hall–Kier alpha value is -3.62. The van der Waals surface area contributed by atoms with Gasteiger partial charge in [0.15, 0.2) is 0 Å². The molecule has 0 bridgehead atoms. The molecular formula is C38H51N5O2S. The third kappa shape index (κ3) is 8.59. The lowest BCUT2D eigenvalue weighted by Crippen LogP contribution is -2.44. The number of hydrogen-bond acceptors (Lipinski definition) is 4. The van der Waals surface area contributed by atoms with Crippen LogP contribution < -0.4 is 5.32 Å². The smallest absolute Gasteiger partial charge is 0.235 e. The van der Waals surface area contributed by atoms with Gasteiger partial charge in [-0.1, -0.05) is 55.6 Å². The molecule has 1 heterocycles. The van der Waals surface area contributed by atoms with Gasteiger partial charge in [-0.25, -0.2) is 19.7 Å². The first-order valence-electron chi connectivity index (χ1n) is 16.4. The van der Waals surface area contributed by atoms with Gasteiger partial charge in [-0.05, 0) is 106 Å². The van der Waals surface area contributed by atoms with Crippen LogP contribution in [0.2, 0.25) is 0 Å². The van der Waals surface area contributed by atoms with E-state index in [0.29, 0.717) is 25.1 Å². The topological polar surface area (TPSA) is 71.8 Å². The fraction of sp³-hybridized carbons (Fsp3) is 0.447. The quantitative estimate of drug-likeness (QED) is 0.0977. The van der Waals surface area contributed by atoms with Crippen molar-refractivity contribution in [1.29, 1.82) is 0 Å². The van der Waals surface area contributed by atoms with E-state index in [-0.39, 0.29) is 11.8 Å². The average molecular weight is 642 g/mol. The Balaban J connectivity index is 1.35. The summed E-state index contributed by atoms with van der Waals surface area (Å²) in [4.78, 5) is 21.1. The molecule has 8 heteroatoms. The van der Waals surface area contributed by atoms with Crippen LogP contribution >= 0.6 is 10.0 Å². The van der Waals surface area contributed by atoms with E-state index in [1.807, 2.05) is 46.8 Å². The van der Waals surface area contributed by atoms with E-state index >= 15 is 0 Å². The third-order valence-corrected chi connectivity index (χ3v) is 10.5. The molecule has 2 saturated carbocycles. The molecule has 1 unspecified atom stereocenters. The van der Waals surface area contributed by atoms with Crippen LogP contribution in [0, 0.1) is 37.5 Å². The summed E-state index contributed by atoms with van der Waals surface area (Å²) in [5, 5.41) is 8.04. The van der Waals surface area contributed by atoms with E-state index in [0.717, 1.165) is 52.0 Å². The number of aliphatic imine (C=N–C) groups is 1. The lowest BCUT2D eigenvalue weighted by molar-refractivity contribution is -0.120. The molecule has 1 atom stereocenters. The molecule has 2 fully saturated rings. The van der Waals surface area contributed by atoms with Gasteiger partial charge in [0, 0.05) is 35.4 Å². The maximum absolute atomic E-state index is 14.3. The lowest BCUT2D eigenvalue weighted by Gasteiger charge is -2.33. The molecule has 1 N–H and O–H groups in total. The number of carbonyl (C=O) groups is 1. The van der Waals surface area contributed by atoms with Gasteiger partial charge in [0.2, 0.25) is 5.91 Å². The van der Waals surface area contributed by atoms with Gasteiger partial charge in [0.25, 0.3) is 0 Å². The van der Waals surface area contributed by atoms with Crippen LogP contribution in [0.3, 0.4) is 0 Å². The molecule has 1 amide bonds. The number of ether oxygens (including phenoxy) is 1. The van der Waals surface area contributed by atoms with Crippen LogP contribution in [-0.2, 0) is 22.8 Å². The van der Waals surface area contributed by atoms with Crippen molar-refractivity contribution in [3.63, 3.8) is 0 Å². The number of rotatable bonds is 16. The van der Waals surface area contributed by atoms with Gasteiger partial charge in [0.05, 0.1) is 18.2 Å². The molecule has 0 saturated heterocycles. The predicted molar refractivity (Wildman–Crippen MR) is 194 cm³/mol. The summed E-state index contributed by atoms with van der Waals surface area (Å²) < 4.78 is 7.92. The normalized spacial score (nSPS) is 16.3. The van der Waals surface area contributed by atoms with E-state index in [9.17, 15) is 4.79 Å². The van der Waals surface area contributed by atoms with Crippen molar-refractivity contribution in [3.8, 4) is 11.1 Å². The van der Waals surface area contributed by atoms with Crippen LogP contribution in [0.5, 0.6) is 0 Å². The van der Waals surface area contributed by atoms with Gasteiger partial charge in [0.1, 0.15) is 12.6 Å². The minimum absolute atomic E-state index is 0.0218. The van der Waals surface area contributed by atoms with Crippen molar-refractivity contribution >= 4 is 27.5 Å². The van der Waals surface area contributed by atoms with Crippen LogP contribution in [0.4, 0.5) is 5.69 Å². The molecule has 7 nitrogen and oxygen atoms in total. The van der Waals surface area contributed by atoms with E-state index in [4.69, 9.17) is 14.8 Å². The fourth-order valence-corrected chi connectivity index (χ4v) is 7.06. The number of aryl methyl sites for hydroxylation is 1. The first kappa shape index (κ1) is 33.7. The molecule has 0 spiro atoms. The Kier molecular flexibility index (Phi) is 10.9. The predicted octanol–water partition coefficient (Wildman–Crippen LogP) is 8.01. The molecule has 3 aromatic rings. The maximum Gasteiger partial charge on any atom is 0.235 e. The summed E-state index contributed by atoms with van der Waals surface area (Å²) in [7, 11) is -0.589. The SMILES string of the molecule is C=CN=C(C(C(=O)Nc1ccc(-c2c(C)nn(COCCS(C)(C)C)c2C)cc1)C(C1CC1)C1CC1)N(C=C)Cc1ccccc1. The van der Waals surface area contributed by atoms with Gasteiger partial charge in [-0.15, -0.1) is 0 Å². The molecule has 46 heavy (non-hydrogen) atoms. The highest BCUT2D eigenvalue weighted by Crippen LogP contribution is 2.53. The Morgan fingerprint density at radius 2 is 1.72 bits per heavy atom. The fourth-order valence-electron chi connectivity index (χ4n) is 6.44. The van der Waals surface area contributed by atoms with Crippen LogP contribution in [0.1, 0.15) is 42.6 Å². The summed E-state index contributed by atoms with van der Waals surface area (Å²) in [5.74, 6) is 2.72. The number of hydrogen-bond donors (Lipinski definition) is 1. The summed E-state index contributed by atoms with van der Waals surface area (Å²) in [6.07, 6.45) is 14.9. The number of amides is 1. The van der Waals surface area contributed by atoms with Gasteiger partial charge < -0.3 is 15.0 Å². The second kappa shape index (κ2) is 14.9. The minimum atomic E-state index is -0.589. The third-order valence-electron chi connectivity index (χ3n) is 9.09. The zero-order valence-electron chi connectivity index (χ0n) is 28.2. The van der Waals surface area contributed by atoms with E-state index in [1.54, 1.807) is 12.4 Å². The summed E-state index contributed by atoms with van der Waals surface area (Å²) >= 11 is 0. The number of nitrogens with one attached hydrogen (secondary N) is 1. The van der Waals surface area contributed by atoms with Crippen molar-refractivity contribution in [2.45, 2.75) is 52.8 Å². The molecule has 1 aromatic heterocycles. The van der Waals surface area contributed by atoms with Gasteiger partial charge >= 0.3 is 0 Å². The molecule has 0 radical (unpaired) electrons. The van der Waals surface area contributed by atoms with Crippen molar-refractivity contribution in [2.24, 2.45) is 28.7 Å². The monoisotopic (exact) mass is 641 g/mol. The Labute approximate surface area is 277 Å². The second-order valence-corrected chi connectivity index (χ2v) is 18.2. The highest BCUT2D eigenvalue weighted by atomic mass is 32.3. The first-order valence-corrected chi connectivity index (χ1v) is 19.4. The zero-order valence-corrected chi connectivity index (χ0v) is 29.1. The highest BCUT2D eigenvalue weighted by Gasteiger charge is 2.50. The van der Waals surface area contributed by atoms with Crippen LogP contribution in [-0.4, -0.2) is 57.6 Å². The molecule has 2 aliphatic rings. The second-order valence-electron chi connectivity index (χ2n) is 13.6.